The van der Waals surface area contributed by atoms with Crippen LogP contribution in [-0.4, -0.2) is 30.3 Å². The van der Waals surface area contributed by atoms with Crippen LogP contribution in [0.15, 0.2) is 93.2 Å². The van der Waals surface area contributed by atoms with Crippen LogP contribution in [0.2, 0.25) is 0 Å². The first kappa shape index (κ1) is 21.2. The number of nitrogens with one attached hydrogen (secondary N) is 1. The number of imidazole rings is 1. The third-order valence-electron chi connectivity index (χ3n) is 6.12. The standard InChI is InChI=1S/C26H20N8S2/c1-15-21(22-30-24(27)31-25-28-17-11-5-7-13-19(17)33(22)25)23(34(32-15)16-9-3-2-4-10-16)36-26-29-18-12-6-8-14-20(18)35-26/h2-14,22H,1H3,(H3,27,28,30,31)/t22-/m0/s1. The van der Waals surface area contributed by atoms with Gasteiger partial charge >= 0.3 is 0 Å². The molecule has 3 aromatic carbocycles. The summed E-state index contributed by atoms with van der Waals surface area (Å²) in [5.41, 5.74) is 11.9. The number of anilines is 1. The van der Waals surface area contributed by atoms with E-state index in [2.05, 4.69) is 34.1 Å². The maximum Gasteiger partial charge on any atom is 0.212 e. The lowest BCUT2D eigenvalue weighted by molar-refractivity contribution is 0.609. The maximum absolute atomic E-state index is 6.26. The summed E-state index contributed by atoms with van der Waals surface area (Å²) in [5.74, 6) is 0.988. The van der Waals surface area contributed by atoms with Gasteiger partial charge in [0.15, 0.2) is 16.5 Å². The van der Waals surface area contributed by atoms with E-state index in [1.807, 2.05) is 66.2 Å². The molecule has 7 rings (SSSR count). The molecule has 0 spiro atoms. The Balaban J connectivity index is 1.46. The molecule has 3 aromatic heterocycles. The molecular weight excluding hydrogens is 488 g/mol. The lowest BCUT2D eigenvalue weighted by Gasteiger charge is -2.24. The zero-order valence-electron chi connectivity index (χ0n) is 19.2. The summed E-state index contributed by atoms with van der Waals surface area (Å²) in [5, 5.41) is 9.06. The molecule has 1 aliphatic heterocycles. The summed E-state index contributed by atoms with van der Waals surface area (Å²) in [4.78, 5) is 14.5. The number of para-hydroxylation sites is 4. The van der Waals surface area contributed by atoms with Gasteiger partial charge in [0.1, 0.15) is 5.03 Å². The summed E-state index contributed by atoms with van der Waals surface area (Å²) in [6.07, 6.45) is -0.428. The second-order valence-electron chi connectivity index (χ2n) is 8.41. The minimum atomic E-state index is -0.428. The number of hydrogen-bond donors (Lipinski definition) is 2. The van der Waals surface area contributed by atoms with Crippen LogP contribution in [0.1, 0.15) is 17.4 Å². The van der Waals surface area contributed by atoms with Gasteiger partial charge in [-0.2, -0.15) is 5.10 Å². The summed E-state index contributed by atoms with van der Waals surface area (Å²) in [6.45, 7) is 2.02. The molecule has 0 aliphatic carbocycles. The predicted molar refractivity (Wildman–Crippen MR) is 145 cm³/mol. The number of aryl methyl sites for hydroxylation is 1. The van der Waals surface area contributed by atoms with Crippen LogP contribution in [0.4, 0.5) is 5.95 Å². The first-order valence-corrected chi connectivity index (χ1v) is 13.0. The van der Waals surface area contributed by atoms with Crippen LogP contribution >= 0.6 is 23.1 Å². The Morgan fingerprint density at radius 3 is 2.50 bits per heavy atom. The van der Waals surface area contributed by atoms with E-state index in [0.717, 1.165) is 47.6 Å². The highest BCUT2D eigenvalue weighted by molar-refractivity contribution is 8.01. The number of benzene rings is 3. The third kappa shape index (κ3) is 3.37. The van der Waals surface area contributed by atoms with E-state index in [0.29, 0.717) is 11.9 Å². The van der Waals surface area contributed by atoms with Crippen molar-refractivity contribution in [3.63, 3.8) is 0 Å². The molecule has 1 atom stereocenters. The fourth-order valence-electron chi connectivity index (χ4n) is 4.55. The molecule has 0 radical (unpaired) electrons. The van der Waals surface area contributed by atoms with Crippen molar-refractivity contribution in [3.05, 3.63) is 90.1 Å². The van der Waals surface area contributed by atoms with Gasteiger partial charge in [0.25, 0.3) is 0 Å². The number of hydrogen-bond acceptors (Lipinski definition) is 8. The molecule has 0 unspecified atom stereocenters. The minimum Gasteiger partial charge on any atom is -0.370 e. The molecule has 4 heterocycles. The lowest BCUT2D eigenvalue weighted by Crippen LogP contribution is -2.31. The molecule has 1 aliphatic rings. The molecule has 36 heavy (non-hydrogen) atoms. The Hall–Kier alpha value is -4.15. The number of fused-ring (bicyclic) bond motifs is 4. The molecule has 6 aromatic rings. The quantitative estimate of drug-likeness (QED) is 0.323. The van der Waals surface area contributed by atoms with Gasteiger partial charge in [-0.25, -0.2) is 19.6 Å². The van der Waals surface area contributed by atoms with E-state index in [1.165, 1.54) is 0 Å². The molecule has 8 nitrogen and oxygen atoms in total. The van der Waals surface area contributed by atoms with E-state index in [-0.39, 0.29) is 0 Å². The van der Waals surface area contributed by atoms with Gasteiger partial charge in [0, 0.05) is 0 Å². The molecule has 0 amide bonds. The molecule has 3 N–H and O–H groups in total. The number of nitrogens with zero attached hydrogens (tertiary/aromatic N) is 6. The van der Waals surface area contributed by atoms with E-state index in [1.54, 1.807) is 23.1 Å². The van der Waals surface area contributed by atoms with E-state index >= 15 is 0 Å². The van der Waals surface area contributed by atoms with Crippen LogP contribution in [0.5, 0.6) is 0 Å². The van der Waals surface area contributed by atoms with Crippen LogP contribution in [0.25, 0.3) is 26.9 Å². The van der Waals surface area contributed by atoms with Crippen molar-refractivity contribution >= 4 is 56.3 Å². The monoisotopic (exact) mass is 508 g/mol. The van der Waals surface area contributed by atoms with Crippen molar-refractivity contribution < 1.29 is 0 Å². The van der Waals surface area contributed by atoms with Crippen LogP contribution < -0.4 is 11.1 Å². The van der Waals surface area contributed by atoms with Gasteiger partial charge in [0.05, 0.1) is 38.2 Å². The third-order valence-corrected chi connectivity index (χ3v) is 8.30. The highest BCUT2D eigenvalue weighted by Crippen LogP contribution is 2.43. The molecule has 0 bridgehead atoms. The largest absolute Gasteiger partial charge is 0.370 e. The van der Waals surface area contributed by atoms with Gasteiger partial charge in [-0.05, 0) is 55.1 Å². The second kappa shape index (κ2) is 8.21. The summed E-state index contributed by atoms with van der Waals surface area (Å²) >= 11 is 3.27. The van der Waals surface area contributed by atoms with Crippen molar-refractivity contribution in [2.45, 2.75) is 22.5 Å². The SMILES string of the molecule is Cc1nn(-c2ccccc2)c(Sc2nc3ccccc3s2)c1[C@H]1N=C(N)Nc2nc3ccccc3n21. The van der Waals surface area contributed by atoms with Crippen LogP contribution in [-0.2, 0) is 0 Å². The maximum atomic E-state index is 6.26. The van der Waals surface area contributed by atoms with Gasteiger partial charge in [-0.3, -0.25) is 9.88 Å². The van der Waals surface area contributed by atoms with Crippen LogP contribution in [0.3, 0.4) is 0 Å². The van der Waals surface area contributed by atoms with Gasteiger partial charge in [0.2, 0.25) is 5.95 Å². The summed E-state index contributed by atoms with van der Waals surface area (Å²) < 4.78 is 6.16. The second-order valence-corrected chi connectivity index (χ2v) is 10.7. The van der Waals surface area contributed by atoms with Crippen molar-refractivity contribution in [1.29, 1.82) is 0 Å². The Labute approximate surface area is 214 Å². The van der Waals surface area contributed by atoms with Crippen molar-refractivity contribution in [3.8, 4) is 5.69 Å². The number of aromatic nitrogens is 5. The Kier molecular flexibility index (Phi) is 4.83. The Bertz CT molecular complexity index is 1750. The van der Waals surface area contributed by atoms with Crippen LogP contribution in [0, 0.1) is 6.92 Å². The molecule has 0 fully saturated rings. The van der Waals surface area contributed by atoms with Crippen molar-refractivity contribution in [2.24, 2.45) is 10.7 Å². The normalized spacial score (nSPS) is 15.1. The average Bonchev–Trinajstić information content (AvgIpc) is 3.56. The molecular formula is C26H20N8S2. The zero-order chi connectivity index (χ0) is 24.2. The highest BCUT2D eigenvalue weighted by atomic mass is 32.2. The fourth-order valence-corrected chi connectivity index (χ4v) is 6.82. The van der Waals surface area contributed by atoms with E-state index in [9.17, 15) is 0 Å². The molecule has 10 heteroatoms. The van der Waals surface area contributed by atoms with Crippen molar-refractivity contribution in [2.75, 3.05) is 5.32 Å². The summed E-state index contributed by atoms with van der Waals surface area (Å²) in [6, 6.07) is 26.4. The van der Waals surface area contributed by atoms with E-state index < -0.39 is 6.17 Å². The lowest BCUT2D eigenvalue weighted by atomic mass is 10.2. The molecule has 0 saturated carbocycles. The first-order chi connectivity index (χ1) is 17.7. The smallest absolute Gasteiger partial charge is 0.212 e. The van der Waals surface area contributed by atoms with Gasteiger partial charge in [-0.1, -0.05) is 42.5 Å². The van der Waals surface area contributed by atoms with Gasteiger partial charge in [-0.15, -0.1) is 11.3 Å². The Morgan fingerprint density at radius 2 is 1.67 bits per heavy atom. The van der Waals surface area contributed by atoms with Crippen molar-refractivity contribution in [1.82, 2.24) is 24.3 Å². The fraction of sp³-hybridized carbons (Fsp3) is 0.0769. The Morgan fingerprint density at radius 1 is 0.917 bits per heavy atom. The number of nitrogens with two attached hydrogens (primary N) is 1. The number of thiazole rings is 1. The number of aliphatic imine (C=N–C) groups is 1. The topological polar surface area (TPSA) is 98.9 Å². The predicted octanol–water partition coefficient (Wildman–Crippen LogP) is 5.58. The minimum absolute atomic E-state index is 0.325. The molecule has 0 saturated heterocycles. The molecule has 176 valence electrons. The summed E-state index contributed by atoms with van der Waals surface area (Å²) in [7, 11) is 0. The van der Waals surface area contributed by atoms with E-state index in [4.69, 9.17) is 25.8 Å². The zero-order valence-corrected chi connectivity index (χ0v) is 20.8. The average molecular weight is 509 g/mol. The number of guanidine groups is 1. The highest BCUT2D eigenvalue weighted by Gasteiger charge is 2.32. The van der Waals surface area contributed by atoms with Gasteiger partial charge < -0.3 is 5.73 Å². The first-order valence-electron chi connectivity index (χ1n) is 11.4. The number of rotatable bonds is 4.